The summed E-state index contributed by atoms with van der Waals surface area (Å²) in [6.07, 6.45) is 1.49. The van der Waals surface area contributed by atoms with Crippen LogP contribution in [0.4, 0.5) is 5.69 Å². The number of rotatable bonds is 4. The first-order valence-corrected chi connectivity index (χ1v) is 8.24. The molecule has 126 valence electrons. The molecule has 0 unspecified atom stereocenters. The minimum atomic E-state index is -0.192. The van der Waals surface area contributed by atoms with Crippen molar-refractivity contribution in [1.29, 1.82) is 0 Å². The van der Waals surface area contributed by atoms with Crippen molar-refractivity contribution >= 4 is 34.8 Å². The molecule has 25 heavy (non-hydrogen) atoms. The number of carbonyl (C=O) groups excluding carboxylic acids is 1. The van der Waals surface area contributed by atoms with Crippen molar-refractivity contribution in [2.24, 2.45) is 0 Å². The van der Waals surface area contributed by atoms with Crippen LogP contribution in [0, 0.1) is 6.92 Å². The summed E-state index contributed by atoms with van der Waals surface area (Å²) in [5.74, 6) is 0.621. The second-order valence-corrected chi connectivity index (χ2v) is 6.17. The minimum Gasteiger partial charge on any atom is -0.437 e. The summed E-state index contributed by atoms with van der Waals surface area (Å²) in [7, 11) is 0. The number of carbonyl (C=O) groups is 1. The van der Waals surface area contributed by atoms with Crippen LogP contribution in [0.5, 0.6) is 11.6 Å². The number of hydrogen-bond donors (Lipinski definition) is 1. The van der Waals surface area contributed by atoms with Gasteiger partial charge in [0.1, 0.15) is 5.75 Å². The Hall–Kier alpha value is -2.56. The molecule has 0 spiro atoms. The summed E-state index contributed by atoms with van der Waals surface area (Å²) in [5, 5.41) is 3.71. The van der Waals surface area contributed by atoms with Crippen molar-refractivity contribution in [3.63, 3.8) is 0 Å². The van der Waals surface area contributed by atoms with Crippen molar-refractivity contribution < 1.29 is 9.53 Å². The summed E-state index contributed by atoms with van der Waals surface area (Å²) >= 11 is 12.0. The lowest BCUT2D eigenvalue weighted by atomic mass is 10.1. The number of benzene rings is 2. The fraction of sp³-hybridized carbons (Fsp3) is 0.0526. The van der Waals surface area contributed by atoms with E-state index in [2.05, 4.69) is 10.3 Å². The van der Waals surface area contributed by atoms with Crippen molar-refractivity contribution in [2.75, 3.05) is 5.32 Å². The third-order valence-corrected chi connectivity index (χ3v) is 4.01. The molecular formula is C19H14Cl2N2O2. The van der Waals surface area contributed by atoms with E-state index in [9.17, 15) is 4.79 Å². The van der Waals surface area contributed by atoms with Gasteiger partial charge in [-0.1, -0.05) is 41.4 Å². The van der Waals surface area contributed by atoms with Crippen molar-refractivity contribution in [2.45, 2.75) is 6.92 Å². The molecule has 0 fully saturated rings. The first-order valence-electron chi connectivity index (χ1n) is 7.49. The number of halogens is 2. The quantitative estimate of drug-likeness (QED) is 0.634. The number of nitrogens with zero attached hydrogens (tertiary/aromatic N) is 1. The fourth-order valence-electron chi connectivity index (χ4n) is 2.22. The van der Waals surface area contributed by atoms with E-state index in [0.29, 0.717) is 32.9 Å². The van der Waals surface area contributed by atoms with Crippen LogP contribution >= 0.6 is 23.2 Å². The van der Waals surface area contributed by atoms with E-state index in [0.717, 1.165) is 5.56 Å². The molecule has 0 saturated carbocycles. The molecule has 3 aromatic rings. The van der Waals surface area contributed by atoms with Crippen molar-refractivity contribution in [1.82, 2.24) is 4.98 Å². The average Bonchev–Trinajstić information content (AvgIpc) is 2.59. The number of anilines is 1. The fourth-order valence-corrected chi connectivity index (χ4v) is 2.55. The summed E-state index contributed by atoms with van der Waals surface area (Å²) < 4.78 is 5.61. The second-order valence-electron chi connectivity index (χ2n) is 5.33. The number of aryl methyl sites for hydroxylation is 1. The van der Waals surface area contributed by atoms with Gasteiger partial charge in [-0.2, -0.15) is 0 Å². The number of nitrogens with one attached hydrogen (secondary N) is 1. The maximum Gasteiger partial charge on any atom is 0.255 e. The molecular weight excluding hydrogens is 359 g/mol. The Labute approximate surface area is 155 Å². The molecule has 0 aliphatic heterocycles. The first-order chi connectivity index (χ1) is 12.0. The van der Waals surface area contributed by atoms with Crippen LogP contribution in [0.1, 0.15) is 15.9 Å². The molecule has 0 aliphatic carbocycles. The largest absolute Gasteiger partial charge is 0.437 e. The standard InChI is InChI=1S/C19H14Cl2N2O2/c1-12-4-2-3-5-15(12)19(24)23-14-7-8-17(16(21)10-14)25-18-9-6-13(20)11-22-18/h2-11H,1H3,(H,23,24). The third kappa shape index (κ3) is 4.29. The van der Waals surface area contributed by atoms with Crippen molar-refractivity contribution in [3.05, 3.63) is 82.0 Å². The van der Waals surface area contributed by atoms with Crippen LogP contribution in [0.2, 0.25) is 10.0 Å². The molecule has 1 amide bonds. The van der Waals surface area contributed by atoms with Crippen LogP contribution in [-0.2, 0) is 0 Å². The molecule has 6 heteroatoms. The number of hydrogen-bond acceptors (Lipinski definition) is 3. The van der Waals surface area contributed by atoms with Gasteiger partial charge < -0.3 is 10.1 Å². The summed E-state index contributed by atoms with van der Waals surface area (Å²) in [6.45, 7) is 1.89. The average molecular weight is 373 g/mol. The zero-order chi connectivity index (χ0) is 17.8. The van der Waals surface area contributed by atoms with Gasteiger partial charge in [0, 0.05) is 23.5 Å². The second kappa shape index (κ2) is 7.55. The Bertz CT molecular complexity index is 912. The number of ether oxygens (including phenoxy) is 1. The van der Waals surface area contributed by atoms with Crippen LogP contribution in [0.25, 0.3) is 0 Å². The highest BCUT2D eigenvalue weighted by Crippen LogP contribution is 2.31. The number of amides is 1. The van der Waals surface area contributed by atoms with Crippen LogP contribution in [0.15, 0.2) is 60.8 Å². The Morgan fingerprint density at radius 2 is 1.88 bits per heavy atom. The molecule has 3 rings (SSSR count). The van der Waals surface area contributed by atoms with Gasteiger partial charge in [0.25, 0.3) is 5.91 Å². The molecule has 0 atom stereocenters. The number of aromatic nitrogens is 1. The normalized spacial score (nSPS) is 10.4. The lowest BCUT2D eigenvalue weighted by Crippen LogP contribution is -2.13. The van der Waals surface area contributed by atoms with E-state index in [-0.39, 0.29) is 5.91 Å². The Morgan fingerprint density at radius 3 is 2.56 bits per heavy atom. The van der Waals surface area contributed by atoms with E-state index >= 15 is 0 Å². The van der Waals surface area contributed by atoms with E-state index in [1.165, 1.54) is 6.20 Å². The van der Waals surface area contributed by atoms with Gasteiger partial charge in [-0.3, -0.25) is 4.79 Å². The zero-order valence-electron chi connectivity index (χ0n) is 13.3. The minimum absolute atomic E-state index is 0.192. The Balaban J connectivity index is 1.74. The summed E-state index contributed by atoms with van der Waals surface area (Å²) in [6, 6.07) is 15.7. The zero-order valence-corrected chi connectivity index (χ0v) is 14.8. The molecule has 0 bridgehead atoms. The van der Waals surface area contributed by atoms with Crippen LogP contribution < -0.4 is 10.1 Å². The molecule has 1 N–H and O–H groups in total. The van der Waals surface area contributed by atoms with Gasteiger partial charge in [-0.15, -0.1) is 0 Å². The molecule has 4 nitrogen and oxygen atoms in total. The van der Waals surface area contributed by atoms with Gasteiger partial charge in [0.2, 0.25) is 5.88 Å². The first kappa shape index (κ1) is 17.3. The van der Waals surface area contributed by atoms with Gasteiger partial charge in [-0.25, -0.2) is 4.98 Å². The van der Waals surface area contributed by atoms with Crippen LogP contribution in [-0.4, -0.2) is 10.9 Å². The van der Waals surface area contributed by atoms with Gasteiger partial charge in [0.05, 0.1) is 10.0 Å². The van der Waals surface area contributed by atoms with Gasteiger partial charge >= 0.3 is 0 Å². The van der Waals surface area contributed by atoms with Gasteiger partial charge in [0.15, 0.2) is 0 Å². The smallest absolute Gasteiger partial charge is 0.255 e. The maximum absolute atomic E-state index is 12.3. The third-order valence-electron chi connectivity index (χ3n) is 3.49. The molecule has 1 heterocycles. The monoisotopic (exact) mass is 372 g/mol. The summed E-state index contributed by atoms with van der Waals surface area (Å²) in [5.41, 5.74) is 2.10. The predicted molar refractivity (Wildman–Crippen MR) is 99.9 cm³/mol. The summed E-state index contributed by atoms with van der Waals surface area (Å²) in [4.78, 5) is 16.4. The van der Waals surface area contributed by atoms with E-state index in [4.69, 9.17) is 27.9 Å². The highest BCUT2D eigenvalue weighted by Gasteiger charge is 2.11. The SMILES string of the molecule is Cc1ccccc1C(=O)Nc1ccc(Oc2ccc(Cl)cn2)c(Cl)c1. The highest BCUT2D eigenvalue weighted by molar-refractivity contribution is 6.32. The van der Waals surface area contributed by atoms with Crippen LogP contribution in [0.3, 0.4) is 0 Å². The Kier molecular flexibility index (Phi) is 5.22. The van der Waals surface area contributed by atoms with E-state index in [1.54, 1.807) is 36.4 Å². The topological polar surface area (TPSA) is 51.2 Å². The maximum atomic E-state index is 12.3. The predicted octanol–water partition coefficient (Wildman–Crippen LogP) is 5.74. The van der Waals surface area contributed by atoms with E-state index in [1.807, 2.05) is 25.1 Å². The Morgan fingerprint density at radius 1 is 1.08 bits per heavy atom. The van der Waals surface area contributed by atoms with Gasteiger partial charge in [-0.05, 0) is 42.8 Å². The molecule has 2 aromatic carbocycles. The highest BCUT2D eigenvalue weighted by atomic mass is 35.5. The number of pyridine rings is 1. The molecule has 1 aromatic heterocycles. The van der Waals surface area contributed by atoms with E-state index < -0.39 is 0 Å². The molecule has 0 aliphatic rings. The lowest BCUT2D eigenvalue weighted by molar-refractivity contribution is 0.102. The van der Waals surface area contributed by atoms with Crippen molar-refractivity contribution in [3.8, 4) is 11.6 Å². The molecule has 0 radical (unpaired) electrons. The molecule has 0 saturated heterocycles. The lowest BCUT2D eigenvalue weighted by Gasteiger charge is -2.10.